The van der Waals surface area contributed by atoms with Crippen LogP contribution in [0.3, 0.4) is 0 Å². The molecule has 0 radical (unpaired) electrons. The Balaban J connectivity index is 1.32. The molecule has 1 aromatic carbocycles. The molecule has 9 heteroatoms. The van der Waals surface area contributed by atoms with Crippen LogP contribution in [0.5, 0.6) is 5.75 Å². The van der Waals surface area contributed by atoms with Crippen molar-refractivity contribution >= 4 is 16.6 Å². The summed E-state index contributed by atoms with van der Waals surface area (Å²) in [7, 11) is -2.88. The topological polar surface area (TPSA) is 115 Å². The Hall–Kier alpha value is -2.67. The average molecular weight is 426 g/mol. The van der Waals surface area contributed by atoms with Gasteiger partial charge in [0.2, 0.25) is 0 Å². The molecular weight excluding hydrogens is 402 g/mol. The predicted molar refractivity (Wildman–Crippen MR) is 114 cm³/mol. The van der Waals surface area contributed by atoms with E-state index in [4.69, 9.17) is 10.00 Å². The Kier molecular flexibility index (Phi) is 4.65. The number of piperidine rings is 2. The summed E-state index contributed by atoms with van der Waals surface area (Å²) in [6.45, 7) is 1.13. The Morgan fingerprint density at radius 1 is 1.17 bits per heavy atom. The molecule has 4 heterocycles. The minimum Gasteiger partial charge on any atom is -0.493 e. The van der Waals surface area contributed by atoms with Crippen LogP contribution in [0, 0.1) is 16.7 Å². The number of fused-ring (bicyclic) bond motifs is 2. The summed E-state index contributed by atoms with van der Waals surface area (Å²) in [6.07, 6.45) is 7.12. The molecule has 2 saturated heterocycles. The van der Waals surface area contributed by atoms with Crippen molar-refractivity contribution in [2.24, 2.45) is 9.81 Å². The van der Waals surface area contributed by atoms with Gasteiger partial charge in [0.05, 0.1) is 16.7 Å². The van der Waals surface area contributed by atoms with E-state index in [0.29, 0.717) is 36.3 Å². The van der Waals surface area contributed by atoms with Gasteiger partial charge in [-0.3, -0.25) is 9.11 Å². The van der Waals surface area contributed by atoms with Gasteiger partial charge in [-0.15, -0.1) is 4.40 Å². The van der Waals surface area contributed by atoms with E-state index in [1.54, 1.807) is 0 Å². The third kappa shape index (κ3) is 3.41. The molecule has 0 atom stereocenters. The summed E-state index contributed by atoms with van der Waals surface area (Å²) in [6, 6.07) is 10.0. The van der Waals surface area contributed by atoms with Crippen molar-refractivity contribution in [1.29, 1.82) is 5.26 Å². The largest absolute Gasteiger partial charge is 0.493 e. The first-order chi connectivity index (χ1) is 14.5. The van der Waals surface area contributed by atoms with E-state index in [9.17, 15) is 9.11 Å². The number of hydrogen-bond acceptors (Lipinski definition) is 8. The lowest BCUT2D eigenvalue weighted by molar-refractivity contribution is 0.0651. The number of ether oxygens (including phenoxy) is 1. The van der Waals surface area contributed by atoms with Gasteiger partial charge in [0.1, 0.15) is 24.3 Å². The minimum atomic E-state index is -2.88. The maximum absolute atomic E-state index is 10.2. The first kappa shape index (κ1) is 19.3. The Morgan fingerprint density at radius 3 is 2.53 bits per heavy atom. The van der Waals surface area contributed by atoms with Gasteiger partial charge >= 0.3 is 0 Å². The molecule has 1 aliphatic carbocycles. The lowest BCUT2D eigenvalue weighted by Gasteiger charge is -2.56. The first-order valence-electron chi connectivity index (χ1n) is 10.1. The van der Waals surface area contributed by atoms with E-state index >= 15 is 0 Å². The number of aromatic nitrogens is 2. The van der Waals surface area contributed by atoms with Crippen molar-refractivity contribution in [3.05, 3.63) is 42.2 Å². The zero-order valence-electron chi connectivity index (χ0n) is 16.4. The highest BCUT2D eigenvalue weighted by atomic mass is 32.3. The van der Waals surface area contributed by atoms with Gasteiger partial charge in [-0.25, -0.2) is 9.97 Å². The summed E-state index contributed by atoms with van der Waals surface area (Å²) < 4.78 is 30.9. The van der Waals surface area contributed by atoms with Crippen molar-refractivity contribution in [2.45, 2.75) is 31.7 Å². The van der Waals surface area contributed by atoms with Crippen LogP contribution in [0.15, 0.2) is 41.1 Å². The third-order valence-electron chi connectivity index (χ3n) is 6.35. The molecule has 2 aromatic rings. The highest BCUT2D eigenvalue weighted by Crippen LogP contribution is 2.53. The van der Waals surface area contributed by atoms with Crippen molar-refractivity contribution in [3.63, 3.8) is 0 Å². The van der Waals surface area contributed by atoms with Gasteiger partial charge in [0.15, 0.2) is 5.82 Å². The first-order valence-corrected chi connectivity index (χ1v) is 11.7. The number of amidine groups is 1. The second kappa shape index (κ2) is 7.23. The second-order valence-corrected chi connectivity index (χ2v) is 10.0. The zero-order chi connectivity index (χ0) is 20.8. The molecular formula is C21H23N5O3S. The lowest BCUT2D eigenvalue weighted by atomic mass is 9.67. The maximum atomic E-state index is 10.2. The van der Waals surface area contributed by atoms with Crippen molar-refractivity contribution < 1.29 is 13.8 Å². The molecule has 6 rings (SSSR count). The second-order valence-electron chi connectivity index (χ2n) is 8.18. The Bertz CT molecular complexity index is 1010. The standard InChI is InChI=1S/C21H23N5O3S/c22-11-15-12-23-19(24-13-15)16-1-3-18(4-2-16)29-14-21-7-5-17(6-8-21)26-9-10-30(27,28)25-20(21)26/h1-4,12-13,17,27-28H,5-10,14H2. The summed E-state index contributed by atoms with van der Waals surface area (Å²) >= 11 is 0. The van der Waals surface area contributed by atoms with Crippen LogP contribution in [0.25, 0.3) is 11.4 Å². The Morgan fingerprint density at radius 2 is 1.87 bits per heavy atom. The quantitative estimate of drug-likeness (QED) is 0.767. The molecule has 30 heavy (non-hydrogen) atoms. The van der Waals surface area contributed by atoms with Crippen LogP contribution in [-0.4, -0.2) is 54.8 Å². The molecule has 1 saturated carbocycles. The van der Waals surface area contributed by atoms with Gasteiger partial charge in [-0.05, 0) is 49.9 Å². The third-order valence-corrected chi connectivity index (χ3v) is 7.54. The van der Waals surface area contributed by atoms with Crippen LogP contribution < -0.4 is 4.74 Å². The van der Waals surface area contributed by atoms with Gasteiger partial charge in [-0.1, -0.05) is 10.8 Å². The SMILES string of the molecule is N#Cc1cnc(-c2ccc(OCC34CCC(CC3)N3CCS(O)(O)N=C34)cc2)nc1. The highest BCUT2D eigenvalue weighted by molar-refractivity contribution is 8.23. The molecule has 4 aliphatic rings. The summed E-state index contributed by atoms with van der Waals surface area (Å²) in [5, 5.41) is 8.86. The van der Waals surface area contributed by atoms with Crippen LogP contribution in [0.2, 0.25) is 0 Å². The molecule has 2 bridgehead atoms. The van der Waals surface area contributed by atoms with E-state index in [1.165, 1.54) is 12.4 Å². The molecule has 0 spiro atoms. The fraction of sp³-hybridized carbons (Fsp3) is 0.429. The number of hydrogen-bond donors (Lipinski definition) is 2. The number of rotatable bonds is 4. The zero-order valence-corrected chi connectivity index (χ0v) is 17.3. The molecule has 0 unspecified atom stereocenters. The van der Waals surface area contributed by atoms with E-state index in [0.717, 1.165) is 42.8 Å². The summed E-state index contributed by atoms with van der Waals surface area (Å²) in [5.74, 6) is 2.45. The molecule has 2 N–H and O–H groups in total. The number of nitriles is 1. The fourth-order valence-electron chi connectivity index (χ4n) is 4.68. The monoisotopic (exact) mass is 425 g/mol. The van der Waals surface area contributed by atoms with Crippen molar-refractivity contribution in [2.75, 3.05) is 18.9 Å². The van der Waals surface area contributed by atoms with Crippen LogP contribution in [0.4, 0.5) is 0 Å². The molecule has 3 aliphatic heterocycles. The van der Waals surface area contributed by atoms with Gasteiger partial charge < -0.3 is 9.64 Å². The number of nitrogens with zero attached hydrogens (tertiary/aromatic N) is 5. The summed E-state index contributed by atoms with van der Waals surface area (Å²) in [4.78, 5) is 10.7. The molecule has 0 amide bonds. The van der Waals surface area contributed by atoms with Gasteiger partial charge in [0, 0.05) is 30.5 Å². The highest BCUT2D eigenvalue weighted by Gasteiger charge is 2.52. The van der Waals surface area contributed by atoms with E-state index in [1.807, 2.05) is 30.3 Å². The van der Waals surface area contributed by atoms with Crippen molar-refractivity contribution in [3.8, 4) is 23.2 Å². The molecule has 8 nitrogen and oxygen atoms in total. The van der Waals surface area contributed by atoms with Crippen molar-refractivity contribution in [1.82, 2.24) is 14.9 Å². The molecule has 3 fully saturated rings. The van der Waals surface area contributed by atoms with E-state index < -0.39 is 10.8 Å². The lowest BCUT2D eigenvalue weighted by Crippen LogP contribution is -2.62. The molecule has 156 valence electrons. The summed E-state index contributed by atoms with van der Waals surface area (Å²) in [5.41, 5.74) is 1.02. The normalized spacial score (nSPS) is 27.6. The van der Waals surface area contributed by atoms with Gasteiger partial charge in [-0.2, -0.15) is 5.26 Å². The smallest absolute Gasteiger partial charge is 0.159 e. The van der Waals surface area contributed by atoms with Crippen LogP contribution in [0.1, 0.15) is 31.2 Å². The minimum absolute atomic E-state index is 0.256. The van der Waals surface area contributed by atoms with E-state index in [2.05, 4.69) is 19.3 Å². The Labute approximate surface area is 176 Å². The van der Waals surface area contributed by atoms with E-state index in [-0.39, 0.29) is 5.41 Å². The predicted octanol–water partition coefficient (Wildman–Crippen LogP) is 3.72. The number of benzene rings is 1. The van der Waals surface area contributed by atoms with Crippen LogP contribution >= 0.6 is 10.8 Å². The molecule has 1 aromatic heterocycles. The van der Waals surface area contributed by atoms with Crippen LogP contribution in [-0.2, 0) is 0 Å². The van der Waals surface area contributed by atoms with Gasteiger partial charge in [0.25, 0.3) is 0 Å². The average Bonchev–Trinajstić information content (AvgIpc) is 2.78. The maximum Gasteiger partial charge on any atom is 0.159 e. The fourth-order valence-corrected chi connectivity index (χ4v) is 5.78.